The van der Waals surface area contributed by atoms with E-state index in [0.717, 1.165) is 10.8 Å². The zero-order chi connectivity index (χ0) is 19.4. The second kappa shape index (κ2) is 7.78. The highest BCUT2D eigenvalue weighted by atomic mass is 16.5. The lowest BCUT2D eigenvalue weighted by atomic mass is 10.1. The molecule has 0 spiro atoms. The minimum atomic E-state index is -0.431. The van der Waals surface area contributed by atoms with Crippen LogP contribution in [0.5, 0.6) is 11.5 Å². The van der Waals surface area contributed by atoms with Crippen LogP contribution in [-0.4, -0.2) is 42.5 Å². The predicted molar refractivity (Wildman–Crippen MR) is 104 cm³/mol. The van der Waals surface area contributed by atoms with Crippen LogP contribution in [0.1, 0.15) is 10.4 Å². The lowest BCUT2D eigenvalue weighted by Crippen LogP contribution is -2.35. The molecule has 6 nitrogen and oxygen atoms in total. The molecule has 0 unspecified atom stereocenters. The molecule has 3 aromatic rings. The van der Waals surface area contributed by atoms with Crippen molar-refractivity contribution in [3.63, 3.8) is 0 Å². The maximum atomic E-state index is 12.7. The Balaban J connectivity index is 1.71. The zero-order valence-electron chi connectivity index (χ0n) is 15.1. The van der Waals surface area contributed by atoms with Crippen molar-refractivity contribution in [1.82, 2.24) is 4.90 Å². The number of carbonyl (C=O) groups is 2. The quantitative estimate of drug-likeness (QED) is 0.728. The number of phenols is 1. The molecule has 0 radical (unpaired) electrons. The lowest BCUT2D eigenvalue weighted by molar-refractivity contribution is -0.116. The van der Waals surface area contributed by atoms with E-state index in [1.165, 1.54) is 11.9 Å². The molecular weight excluding hydrogens is 344 g/mol. The summed E-state index contributed by atoms with van der Waals surface area (Å²) in [6, 6.07) is 17.6. The van der Waals surface area contributed by atoms with E-state index in [1.54, 1.807) is 43.5 Å². The Morgan fingerprint density at radius 2 is 1.74 bits per heavy atom. The number of anilines is 1. The molecule has 0 fully saturated rings. The van der Waals surface area contributed by atoms with Crippen LogP contribution in [0.2, 0.25) is 0 Å². The van der Waals surface area contributed by atoms with Crippen molar-refractivity contribution >= 4 is 28.3 Å². The summed E-state index contributed by atoms with van der Waals surface area (Å²) in [6.45, 7) is -0.150. The predicted octanol–water partition coefficient (Wildman–Crippen LogP) is 3.26. The summed E-state index contributed by atoms with van der Waals surface area (Å²) < 4.78 is 5.12. The first kappa shape index (κ1) is 18.3. The third-order valence-electron chi connectivity index (χ3n) is 4.18. The Kier molecular flexibility index (Phi) is 5.26. The standard InChI is InChI=1S/C21H20N2O4/c1-23(13-20(25)22-16-8-5-9-17(12-16)27-2)21(26)18-10-14-6-3-4-7-15(14)11-19(18)24/h3-12,24H,13H2,1-2H3,(H,22,25). The van der Waals surface area contributed by atoms with Gasteiger partial charge >= 0.3 is 0 Å². The molecule has 27 heavy (non-hydrogen) atoms. The normalized spacial score (nSPS) is 10.4. The van der Waals surface area contributed by atoms with Crippen LogP contribution in [0.15, 0.2) is 60.7 Å². The van der Waals surface area contributed by atoms with E-state index in [-0.39, 0.29) is 23.8 Å². The summed E-state index contributed by atoms with van der Waals surface area (Å²) >= 11 is 0. The van der Waals surface area contributed by atoms with E-state index in [1.807, 2.05) is 24.3 Å². The Morgan fingerprint density at radius 3 is 2.44 bits per heavy atom. The smallest absolute Gasteiger partial charge is 0.257 e. The molecule has 2 N–H and O–H groups in total. The van der Waals surface area contributed by atoms with Gasteiger partial charge in [0.15, 0.2) is 0 Å². The minimum absolute atomic E-state index is 0.112. The molecule has 0 saturated carbocycles. The highest BCUT2D eigenvalue weighted by Gasteiger charge is 2.19. The molecule has 0 heterocycles. The Labute approximate surface area is 157 Å². The van der Waals surface area contributed by atoms with E-state index in [4.69, 9.17) is 4.74 Å². The van der Waals surface area contributed by atoms with Crippen LogP contribution in [0.4, 0.5) is 5.69 Å². The largest absolute Gasteiger partial charge is 0.507 e. The fourth-order valence-corrected chi connectivity index (χ4v) is 2.79. The molecule has 6 heteroatoms. The van der Waals surface area contributed by atoms with Gasteiger partial charge in [0, 0.05) is 18.8 Å². The van der Waals surface area contributed by atoms with Crippen molar-refractivity contribution in [2.24, 2.45) is 0 Å². The summed E-state index contributed by atoms with van der Waals surface area (Å²) in [5.41, 5.74) is 0.735. The van der Waals surface area contributed by atoms with Crippen LogP contribution in [-0.2, 0) is 4.79 Å². The number of hydrogen-bond acceptors (Lipinski definition) is 4. The van der Waals surface area contributed by atoms with Crippen LogP contribution < -0.4 is 10.1 Å². The number of fused-ring (bicyclic) bond motifs is 1. The Hall–Kier alpha value is -3.54. The minimum Gasteiger partial charge on any atom is -0.507 e. The van der Waals surface area contributed by atoms with Gasteiger partial charge in [-0.15, -0.1) is 0 Å². The third kappa shape index (κ3) is 4.17. The van der Waals surface area contributed by atoms with Gasteiger partial charge in [-0.1, -0.05) is 30.3 Å². The first-order valence-electron chi connectivity index (χ1n) is 8.39. The number of benzene rings is 3. The summed E-state index contributed by atoms with van der Waals surface area (Å²) in [7, 11) is 3.06. The monoisotopic (exact) mass is 364 g/mol. The van der Waals surface area contributed by atoms with Crippen LogP contribution in [0.3, 0.4) is 0 Å². The first-order valence-corrected chi connectivity index (χ1v) is 8.39. The highest BCUT2D eigenvalue weighted by Crippen LogP contribution is 2.26. The molecule has 3 aromatic carbocycles. The molecule has 0 aliphatic carbocycles. The SMILES string of the molecule is COc1cccc(NC(=O)CN(C)C(=O)c2cc3ccccc3cc2O)c1. The van der Waals surface area contributed by atoms with Crippen molar-refractivity contribution in [2.45, 2.75) is 0 Å². The number of methoxy groups -OCH3 is 1. The van der Waals surface area contributed by atoms with E-state index in [9.17, 15) is 14.7 Å². The van der Waals surface area contributed by atoms with Crippen LogP contribution >= 0.6 is 0 Å². The molecule has 138 valence electrons. The van der Waals surface area contributed by atoms with Crippen LogP contribution in [0, 0.1) is 0 Å². The summed E-state index contributed by atoms with van der Waals surface area (Å²) in [4.78, 5) is 26.2. The maximum Gasteiger partial charge on any atom is 0.257 e. The molecule has 2 amide bonds. The van der Waals surface area contributed by atoms with E-state index in [2.05, 4.69) is 5.32 Å². The molecule has 0 aliphatic rings. The lowest BCUT2D eigenvalue weighted by Gasteiger charge is -2.18. The van der Waals surface area contributed by atoms with Gasteiger partial charge in [-0.25, -0.2) is 0 Å². The molecule has 0 aromatic heterocycles. The number of aromatic hydroxyl groups is 1. The number of nitrogens with one attached hydrogen (secondary N) is 1. The number of phenolic OH excluding ortho intramolecular Hbond substituents is 1. The van der Waals surface area contributed by atoms with Crippen molar-refractivity contribution in [3.05, 3.63) is 66.2 Å². The highest BCUT2D eigenvalue weighted by molar-refractivity contribution is 6.03. The van der Waals surface area contributed by atoms with Gasteiger partial charge in [-0.05, 0) is 35.0 Å². The van der Waals surface area contributed by atoms with Crippen molar-refractivity contribution in [1.29, 1.82) is 0 Å². The second-order valence-corrected chi connectivity index (χ2v) is 6.16. The summed E-state index contributed by atoms with van der Waals surface area (Å²) in [5.74, 6) is -0.268. The van der Waals surface area contributed by atoms with Gasteiger partial charge in [-0.3, -0.25) is 9.59 Å². The number of amides is 2. The first-order chi connectivity index (χ1) is 13.0. The Morgan fingerprint density at radius 1 is 1.04 bits per heavy atom. The number of carbonyl (C=O) groups excluding carboxylic acids is 2. The summed E-state index contributed by atoms with van der Waals surface area (Å²) in [5, 5.41) is 14.6. The average Bonchev–Trinajstić information content (AvgIpc) is 2.66. The topological polar surface area (TPSA) is 78.9 Å². The average molecular weight is 364 g/mol. The number of nitrogens with zero attached hydrogens (tertiary/aromatic N) is 1. The maximum absolute atomic E-state index is 12.7. The molecule has 0 aliphatic heterocycles. The number of ether oxygens (including phenoxy) is 1. The molecular formula is C21H20N2O4. The van der Waals surface area contributed by atoms with Gasteiger partial charge in [0.05, 0.1) is 19.2 Å². The fourth-order valence-electron chi connectivity index (χ4n) is 2.79. The van der Waals surface area contributed by atoms with Gasteiger partial charge in [0.25, 0.3) is 5.91 Å². The Bertz CT molecular complexity index is 1000. The number of likely N-dealkylation sites (N-methyl/N-ethyl adjacent to an activating group) is 1. The van der Waals surface area contributed by atoms with Gasteiger partial charge in [0.1, 0.15) is 11.5 Å². The van der Waals surface area contributed by atoms with E-state index < -0.39 is 5.91 Å². The molecule has 0 saturated heterocycles. The zero-order valence-corrected chi connectivity index (χ0v) is 15.1. The number of hydrogen-bond donors (Lipinski definition) is 2. The van der Waals surface area contributed by atoms with E-state index >= 15 is 0 Å². The molecule has 0 bridgehead atoms. The molecule has 3 rings (SSSR count). The van der Waals surface area contributed by atoms with Crippen molar-refractivity contribution in [3.8, 4) is 11.5 Å². The van der Waals surface area contributed by atoms with Crippen LogP contribution in [0.25, 0.3) is 10.8 Å². The van der Waals surface area contributed by atoms with Crippen molar-refractivity contribution in [2.75, 3.05) is 26.0 Å². The summed E-state index contributed by atoms with van der Waals surface area (Å²) in [6.07, 6.45) is 0. The third-order valence-corrected chi connectivity index (χ3v) is 4.18. The molecule has 0 atom stereocenters. The van der Waals surface area contributed by atoms with Gasteiger partial charge < -0.3 is 20.1 Å². The van der Waals surface area contributed by atoms with E-state index in [0.29, 0.717) is 11.4 Å². The second-order valence-electron chi connectivity index (χ2n) is 6.16. The van der Waals surface area contributed by atoms with Gasteiger partial charge in [-0.2, -0.15) is 0 Å². The van der Waals surface area contributed by atoms with Gasteiger partial charge in [0.2, 0.25) is 5.91 Å². The van der Waals surface area contributed by atoms with Crippen molar-refractivity contribution < 1.29 is 19.4 Å². The fraction of sp³-hybridized carbons (Fsp3) is 0.143. The number of rotatable bonds is 5.